The highest BCUT2D eigenvalue weighted by atomic mass is 79.9. The molecule has 2 aromatic carbocycles. The third kappa shape index (κ3) is 5.12. The van der Waals surface area contributed by atoms with E-state index in [1.165, 1.54) is 12.1 Å². The van der Waals surface area contributed by atoms with Crippen LogP contribution in [0.3, 0.4) is 0 Å². The van der Waals surface area contributed by atoms with Crippen molar-refractivity contribution in [3.05, 3.63) is 51.2 Å². The highest BCUT2D eigenvalue weighted by molar-refractivity contribution is 9.10. The van der Waals surface area contributed by atoms with Crippen LogP contribution in [-0.2, 0) is 9.84 Å². The molecular formula is C16H11BrClF4NO3S. The molecule has 0 aliphatic heterocycles. The van der Waals surface area contributed by atoms with Gasteiger partial charge in [0.1, 0.15) is 23.4 Å². The zero-order valence-corrected chi connectivity index (χ0v) is 16.9. The monoisotopic (exact) mass is 487 g/mol. The predicted octanol–water partition coefficient (Wildman–Crippen LogP) is 6.23. The van der Waals surface area contributed by atoms with Crippen LogP contribution in [0.4, 0.5) is 17.6 Å². The number of hydrogen-bond donors (Lipinski definition) is 0. The largest absolute Gasteiger partial charge is 0.501 e. The molecule has 0 radical (unpaired) electrons. The second-order valence-corrected chi connectivity index (χ2v) is 7.66. The van der Waals surface area contributed by atoms with Crippen molar-refractivity contribution in [2.75, 3.05) is 0 Å². The molecule has 27 heavy (non-hydrogen) atoms. The van der Waals surface area contributed by atoms with E-state index < -0.39 is 31.6 Å². The lowest BCUT2D eigenvalue weighted by molar-refractivity contribution is -0.0436. The Morgan fingerprint density at radius 2 is 1.78 bits per heavy atom. The van der Waals surface area contributed by atoms with E-state index in [0.29, 0.717) is 6.07 Å². The van der Waals surface area contributed by atoms with Gasteiger partial charge in [0.15, 0.2) is 0 Å². The van der Waals surface area contributed by atoms with Gasteiger partial charge in [-0.05, 0) is 40.2 Å². The molecule has 4 nitrogen and oxygen atoms in total. The predicted molar refractivity (Wildman–Crippen MR) is 94.9 cm³/mol. The minimum atomic E-state index is -5.73. The van der Waals surface area contributed by atoms with Crippen molar-refractivity contribution in [3.63, 3.8) is 0 Å². The van der Waals surface area contributed by atoms with Crippen LogP contribution in [0.2, 0.25) is 5.02 Å². The van der Waals surface area contributed by atoms with Gasteiger partial charge in [-0.15, -0.1) is 0 Å². The average molecular weight is 489 g/mol. The number of rotatable bonds is 3. The summed E-state index contributed by atoms with van der Waals surface area (Å²) in [4.78, 5) is -1.22. The molecule has 0 spiro atoms. The number of nitriles is 1. The maximum atomic E-state index is 13.3. The van der Waals surface area contributed by atoms with Crippen molar-refractivity contribution in [3.8, 4) is 17.6 Å². The van der Waals surface area contributed by atoms with Gasteiger partial charge in [0.25, 0.3) is 9.84 Å². The minimum absolute atomic E-state index is 0.00268. The van der Waals surface area contributed by atoms with Crippen LogP contribution in [-0.4, -0.2) is 13.9 Å². The summed E-state index contributed by atoms with van der Waals surface area (Å²) in [6, 6.07) is 6.05. The number of benzene rings is 2. The summed E-state index contributed by atoms with van der Waals surface area (Å²) in [6.45, 7) is 4.00. The van der Waals surface area contributed by atoms with Gasteiger partial charge in [-0.2, -0.15) is 18.4 Å². The van der Waals surface area contributed by atoms with Crippen LogP contribution in [0.25, 0.3) is 0 Å². The molecule has 0 saturated carbocycles. The Labute approximate surface area is 166 Å². The van der Waals surface area contributed by atoms with E-state index in [1.807, 2.05) is 13.8 Å². The topological polar surface area (TPSA) is 67.2 Å². The third-order valence-electron chi connectivity index (χ3n) is 2.84. The quantitative estimate of drug-likeness (QED) is 0.481. The van der Waals surface area contributed by atoms with Crippen molar-refractivity contribution < 1.29 is 30.7 Å². The minimum Gasteiger partial charge on any atom is -0.456 e. The fraction of sp³-hybridized carbons (Fsp3) is 0.188. The van der Waals surface area contributed by atoms with Gasteiger partial charge in [-0.25, -0.2) is 12.8 Å². The summed E-state index contributed by atoms with van der Waals surface area (Å²) >= 11 is 8.50. The summed E-state index contributed by atoms with van der Waals surface area (Å²) in [5, 5.41) is 9.06. The molecule has 0 aliphatic rings. The molecule has 2 aromatic rings. The Morgan fingerprint density at radius 3 is 2.26 bits per heavy atom. The fourth-order valence-corrected chi connectivity index (χ4v) is 3.56. The number of alkyl halides is 3. The van der Waals surface area contributed by atoms with E-state index in [2.05, 4.69) is 15.9 Å². The molecule has 11 heteroatoms. The van der Waals surface area contributed by atoms with Gasteiger partial charge >= 0.3 is 5.51 Å². The smallest absolute Gasteiger partial charge is 0.456 e. The first-order valence-electron chi connectivity index (χ1n) is 7.15. The standard InChI is InChI=1S/C14H5BrClF4NO3S.C2H6/c15-13-10(6-21)12(25(22,23)14(18,19)20)2-1-11(13)24-9-4-7(16)3-8(17)5-9;1-2/h1-5H;1-2H3. The summed E-state index contributed by atoms with van der Waals surface area (Å²) in [5.74, 6) is -1.02. The molecule has 0 amide bonds. The highest BCUT2D eigenvalue weighted by Gasteiger charge is 2.48. The van der Waals surface area contributed by atoms with E-state index >= 15 is 0 Å². The number of ether oxygens (including phenoxy) is 1. The Bertz CT molecular complexity index is 968. The van der Waals surface area contributed by atoms with Crippen LogP contribution in [0.5, 0.6) is 11.5 Å². The maximum Gasteiger partial charge on any atom is 0.501 e. The van der Waals surface area contributed by atoms with Gasteiger partial charge in [0.05, 0.1) is 14.9 Å². The number of nitrogens with zero attached hydrogens (tertiary/aromatic N) is 1. The molecule has 0 N–H and O–H groups in total. The van der Waals surface area contributed by atoms with Gasteiger partial charge in [-0.3, -0.25) is 0 Å². The first kappa shape index (κ1) is 23.2. The summed E-state index contributed by atoms with van der Waals surface area (Å²) in [5.41, 5.74) is -6.37. The van der Waals surface area contributed by atoms with Gasteiger partial charge < -0.3 is 4.74 Å². The Morgan fingerprint density at radius 1 is 1.19 bits per heavy atom. The van der Waals surface area contributed by atoms with Crippen LogP contribution in [0.1, 0.15) is 19.4 Å². The molecule has 0 aromatic heterocycles. The molecule has 0 aliphatic carbocycles. The van der Waals surface area contributed by atoms with Crippen LogP contribution in [0.15, 0.2) is 39.7 Å². The number of sulfone groups is 1. The van der Waals surface area contributed by atoms with Crippen molar-refractivity contribution in [2.24, 2.45) is 0 Å². The number of halogens is 6. The van der Waals surface area contributed by atoms with E-state index in [4.69, 9.17) is 21.6 Å². The zero-order valence-electron chi connectivity index (χ0n) is 13.7. The average Bonchev–Trinajstić information content (AvgIpc) is 2.56. The molecule has 0 heterocycles. The lowest BCUT2D eigenvalue weighted by Crippen LogP contribution is -2.24. The fourth-order valence-electron chi connectivity index (χ4n) is 1.79. The molecule has 0 atom stereocenters. The summed E-state index contributed by atoms with van der Waals surface area (Å²) in [6.07, 6.45) is 0. The van der Waals surface area contributed by atoms with Crippen molar-refractivity contribution in [2.45, 2.75) is 24.3 Å². The lowest BCUT2D eigenvalue weighted by Gasteiger charge is -2.13. The first-order valence-corrected chi connectivity index (χ1v) is 9.80. The Balaban J connectivity index is 0.00000176. The second-order valence-electron chi connectivity index (χ2n) is 4.52. The Hall–Kier alpha value is -1.83. The molecule has 0 unspecified atom stereocenters. The molecule has 0 bridgehead atoms. The molecular weight excluding hydrogens is 478 g/mol. The molecule has 146 valence electrons. The summed E-state index contributed by atoms with van der Waals surface area (Å²) < 4.78 is 79.4. The zero-order chi connectivity index (χ0) is 21.0. The lowest BCUT2D eigenvalue weighted by atomic mass is 10.2. The van der Waals surface area contributed by atoms with E-state index in [9.17, 15) is 26.0 Å². The van der Waals surface area contributed by atoms with Crippen LogP contribution >= 0.6 is 27.5 Å². The van der Waals surface area contributed by atoms with Gasteiger partial charge in [0.2, 0.25) is 0 Å². The van der Waals surface area contributed by atoms with E-state index in [1.54, 1.807) is 0 Å². The SMILES string of the molecule is CC.N#Cc1c(S(=O)(=O)C(F)(F)F)ccc(Oc2cc(F)cc(Cl)c2)c1Br. The van der Waals surface area contributed by atoms with Crippen molar-refractivity contribution in [1.82, 2.24) is 0 Å². The first-order chi connectivity index (χ1) is 12.5. The molecule has 2 rings (SSSR count). The van der Waals surface area contributed by atoms with Crippen molar-refractivity contribution in [1.29, 1.82) is 5.26 Å². The van der Waals surface area contributed by atoms with Crippen LogP contribution < -0.4 is 4.74 Å². The van der Waals surface area contributed by atoms with Gasteiger partial charge in [0, 0.05) is 11.1 Å². The second kappa shape index (κ2) is 8.91. The van der Waals surface area contributed by atoms with Crippen molar-refractivity contribution >= 4 is 37.4 Å². The van der Waals surface area contributed by atoms with E-state index in [-0.39, 0.29) is 21.0 Å². The number of hydrogen-bond acceptors (Lipinski definition) is 4. The van der Waals surface area contributed by atoms with Gasteiger partial charge in [-0.1, -0.05) is 25.4 Å². The molecule has 0 saturated heterocycles. The third-order valence-corrected chi connectivity index (χ3v) is 5.37. The van der Waals surface area contributed by atoms with Crippen LogP contribution in [0, 0.1) is 17.1 Å². The molecule has 0 fully saturated rings. The maximum absolute atomic E-state index is 13.3. The highest BCUT2D eigenvalue weighted by Crippen LogP contribution is 2.40. The normalized spacial score (nSPS) is 11.2. The van der Waals surface area contributed by atoms with E-state index in [0.717, 1.165) is 18.2 Å². The summed E-state index contributed by atoms with van der Waals surface area (Å²) in [7, 11) is -5.73. The Kier molecular flexibility index (Phi) is 7.66.